The lowest BCUT2D eigenvalue weighted by atomic mass is 10.0. The lowest BCUT2D eigenvalue weighted by Gasteiger charge is -2.02. The van der Waals surface area contributed by atoms with E-state index in [0.29, 0.717) is 0 Å². The van der Waals surface area contributed by atoms with Crippen LogP contribution >= 0.6 is 11.3 Å². The highest BCUT2D eigenvalue weighted by molar-refractivity contribution is 7.16. The molecule has 0 aliphatic heterocycles. The number of nitrogens with one attached hydrogen (secondary N) is 1. The van der Waals surface area contributed by atoms with Crippen molar-refractivity contribution in [2.45, 2.75) is 13.3 Å². The second-order valence-electron chi connectivity index (χ2n) is 4.12. The molecule has 0 atom stereocenters. The molecule has 17 heavy (non-hydrogen) atoms. The number of nitrogens with two attached hydrogens (primary N) is 1. The molecule has 0 saturated carbocycles. The van der Waals surface area contributed by atoms with E-state index in [0.717, 1.165) is 11.4 Å². The van der Waals surface area contributed by atoms with Crippen LogP contribution in [0.4, 0.5) is 5.00 Å². The third-order valence-corrected chi connectivity index (χ3v) is 4.12. The third kappa shape index (κ3) is 1.72. The number of aromatic amines is 1. The van der Waals surface area contributed by atoms with Crippen LogP contribution in [0.1, 0.15) is 11.8 Å². The number of thiophene rings is 1. The fourth-order valence-corrected chi connectivity index (χ4v) is 3.07. The van der Waals surface area contributed by atoms with E-state index in [1.54, 1.807) is 11.3 Å². The lowest BCUT2D eigenvalue weighted by Crippen LogP contribution is -1.80. The molecule has 3 heteroatoms. The van der Waals surface area contributed by atoms with Gasteiger partial charge in [-0.15, -0.1) is 11.3 Å². The minimum absolute atomic E-state index is 0.894. The second-order valence-corrected chi connectivity index (χ2v) is 5.29. The average molecular weight is 242 g/mol. The normalized spacial score (nSPS) is 11.1. The van der Waals surface area contributed by atoms with E-state index in [4.69, 9.17) is 5.73 Å². The SMILES string of the molecule is CCc1sc(N)cc1-c1ccc2[nH]ccc2c1. The van der Waals surface area contributed by atoms with Crippen molar-refractivity contribution in [1.29, 1.82) is 0 Å². The number of aryl methyl sites for hydroxylation is 1. The van der Waals surface area contributed by atoms with Gasteiger partial charge in [0, 0.05) is 16.6 Å². The number of hydrogen-bond acceptors (Lipinski definition) is 2. The van der Waals surface area contributed by atoms with Crippen molar-refractivity contribution in [1.82, 2.24) is 4.98 Å². The summed E-state index contributed by atoms with van der Waals surface area (Å²) in [4.78, 5) is 4.57. The van der Waals surface area contributed by atoms with Gasteiger partial charge in [0.2, 0.25) is 0 Å². The Hall–Kier alpha value is -1.74. The second kappa shape index (κ2) is 3.93. The van der Waals surface area contributed by atoms with Crippen molar-refractivity contribution in [2.75, 3.05) is 5.73 Å². The Morgan fingerprint density at radius 3 is 2.94 bits per heavy atom. The standard InChI is InChI=1S/C14H14N2S/c1-2-13-11(8-14(15)17-13)9-3-4-12-10(7-9)5-6-16-12/h3-8,16H,2,15H2,1H3. The summed E-state index contributed by atoms with van der Waals surface area (Å²) in [5.74, 6) is 0. The lowest BCUT2D eigenvalue weighted by molar-refractivity contribution is 1.19. The van der Waals surface area contributed by atoms with Crippen LogP contribution in [-0.2, 0) is 6.42 Å². The van der Waals surface area contributed by atoms with Crippen LogP contribution in [0.15, 0.2) is 36.5 Å². The summed E-state index contributed by atoms with van der Waals surface area (Å²) in [6.07, 6.45) is 3.00. The van der Waals surface area contributed by atoms with Gasteiger partial charge in [-0.1, -0.05) is 13.0 Å². The predicted octanol–water partition coefficient (Wildman–Crippen LogP) is 4.04. The van der Waals surface area contributed by atoms with E-state index in [1.165, 1.54) is 26.9 Å². The summed E-state index contributed by atoms with van der Waals surface area (Å²) >= 11 is 1.69. The first-order chi connectivity index (χ1) is 8.28. The molecule has 3 rings (SSSR count). The van der Waals surface area contributed by atoms with Gasteiger partial charge in [-0.3, -0.25) is 0 Å². The fourth-order valence-electron chi connectivity index (χ4n) is 2.18. The maximum atomic E-state index is 5.90. The number of aromatic nitrogens is 1. The van der Waals surface area contributed by atoms with Crippen LogP contribution in [0.3, 0.4) is 0 Å². The van der Waals surface area contributed by atoms with Crippen molar-refractivity contribution in [3.63, 3.8) is 0 Å². The zero-order chi connectivity index (χ0) is 11.8. The molecule has 0 aliphatic rings. The molecule has 86 valence electrons. The quantitative estimate of drug-likeness (QED) is 0.699. The molecule has 2 nitrogen and oxygen atoms in total. The maximum Gasteiger partial charge on any atom is 0.0865 e. The van der Waals surface area contributed by atoms with Crippen LogP contribution in [-0.4, -0.2) is 4.98 Å². The molecular formula is C14H14N2S. The Morgan fingerprint density at radius 1 is 1.24 bits per heavy atom. The molecule has 2 aromatic heterocycles. The van der Waals surface area contributed by atoms with Crippen LogP contribution in [0, 0.1) is 0 Å². The molecule has 3 aromatic rings. The van der Waals surface area contributed by atoms with E-state index < -0.39 is 0 Å². The van der Waals surface area contributed by atoms with Gasteiger partial charge >= 0.3 is 0 Å². The summed E-state index contributed by atoms with van der Waals surface area (Å²) in [5.41, 5.74) is 9.60. The summed E-state index contributed by atoms with van der Waals surface area (Å²) in [6, 6.07) is 10.7. The summed E-state index contributed by atoms with van der Waals surface area (Å²) in [7, 11) is 0. The first-order valence-corrected chi connectivity index (χ1v) is 6.55. The van der Waals surface area contributed by atoms with Crippen molar-refractivity contribution in [2.24, 2.45) is 0 Å². The summed E-state index contributed by atoms with van der Waals surface area (Å²) in [5, 5.41) is 2.14. The zero-order valence-electron chi connectivity index (χ0n) is 9.66. The number of hydrogen-bond donors (Lipinski definition) is 2. The van der Waals surface area contributed by atoms with Crippen molar-refractivity contribution in [3.05, 3.63) is 41.4 Å². The minimum Gasteiger partial charge on any atom is -0.391 e. The molecule has 0 fully saturated rings. The molecule has 0 radical (unpaired) electrons. The maximum absolute atomic E-state index is 5.90. The molecule has 3 N–H and O–H groups in total. The summed E-state index contributed by atoms with van der Waals surface area (Å²) < 4.78 is 0. The van der Waals surface area contributed by atoms with Crippen LogP contribution < -0.4 is 5.73 Å². The van der Waals surface area contributed by atoms with E-state index in [-0.39, 0.29) is 0 Å². The highest BCUT2D eigenvalue weighted by atomic mass is 32.1. The smallest absolute Gasteiger partial charge is 0.0865 e. The topological polar surface area (TPSA) is 41.8 Å². The van der Waals surface area contributed by atoms with Crippen LogP contribution in [0.25, 0.3) is 22.0 Å². The van der Waals surface area contributed by atoms with E-state index >= 15 is 0 Å². The minimum atomic E-state index is 0.894. The van der Waals surface area contributed by atoms with Gasteiger partial charge in [-0.2, -0.15) is 0 Å². The van der Waals surface area contributed by atoms with E-state index in [9.17, 15) is 0 Å². The monoisotopic (exact) mass is 242 g/mol. The third-order valence-electron chi connectivity index (χ3n) is 3.01. The van der Waals surface area contributed by atoms with Gasteiger partial charge in [0.05, 0.1) is 5.00 Å². The molecule has 0 unspecified atom stereocenters. The number of rotatable bonds is 2. The Morgan fingerprint density at radius 2 is 2.12 bits per heavy atom. The highest BCUT2D eigenvalue weighted by Crippen LogP contribution is 2.34. The number of fused-ring (bicyclic) bond motifs is 1. The Kier molecular flexibility index (Phi) is 2.41. The number of benzene rings is 1. The molecule has 0 aliphatic carbocycles. The van der Waals surface area contributed by atoms with Gasteiger partial charge < -0.3 is 10.7 Å². The van der Waals surface area contributed by atoms with E-state index in [1.807, 2.05) is 6.20 Å². The van der Waals surface area contributed by atoms with E-state index in [2.05, 4.69) is 42.2 Å². The largest absolute Gasteiger partial charge is 0.391 e. The molecule has 0 bridgehead atoms. The van der Waals surface area contributed by atoms with Gasteiger partial charge in [0.25, 0.3) is 0 Å². The number of nitrogen functional groups attached to an aromatic ring is 1. The van der Waals surface area contributed by atoms with Crippen LogP contribution in [0.2, 0.25) is 0 Å². The van der Waals surface area contributed by atoms with Gasteiger partial charge in [-0.05, 0) is 47.2 Å². The molecular weight excluding hydrogens is 228 g/mol. The van der Waals surface area contributed by atoms with Gasteiger partial charge in [0.1, 0.15) is 0 Å². The van der Waals surface area contributed by atoms with Gasteiger partial charge in [0.15, 0.2) is 0 Å². The van der Waals surface area contributed by atoms with Gasteiger partial charge in [-0.25, -0.2) is 0 Å². The van der Waals surface area contributed by atoms with Crippen molar-refractivity contribution >= 4 is 27.2 Å². The summed E-state index contributed by atoms with van der Waals surface area (Å²) in [6.45, 7) is 2.17. The molecule has 0 spiro atoms. The van der Waals surface area contributed by atoms with Crippen molar-refractivity contribution < 1.29 is 0 Å². The predicted molar refractivity (Wildman–Crippen MR) is 75.4 cm³/mol. The molecule has 0 saturated heterocycles. The first kappa shape index (κ1) is 10.4. The Labute approximate surface area is 104 Å². The molecule has 2 heterocycles. The average Bonchev–Trinajstić information content (AvgIpc) is 2.93. The number of anilines is 1. The van der Waals surface area contributed by atoms with Crippen molar-refractivity contribution in [3.8, 4) is 11.1 Å². The highest BCUT2D eigenvalue weighted by Gasteiger charge is 2.08. The molecule has 1 aromatic carbocycles. The first-order valence-electron chi connectivity index (χ1n) is 5.73. The fraction of sp³-hybridized carbons (Fsp3) is 0.143. The zero-order valence-corrected chi connectivity index (χ0v) is 10.5. The molecule has 0 amide bonds. The Bertz CT molecular complexity index is 664. The Balaban J connectivity index is 2.18. The van der Waals surface area contributed by atoms with Crippen LogP contribution in [0.5, 0.6) is 0 Å². The number of H-pyrrole nitrogens is 1.